The Balaban J connectivity index is 1.34. The van der Waals surface area contributed by atoms with Crippen molar-refractivity contribution in [2.75, 3.05) is 57.5 Å². The Bertz CT molecular complexity index is 1130. The number of pyridine rings is 1. The molecule has 3 aromatic rings. The Morgan fingerprint density at radius 1 is 1.06 bits per heavy atom. The van der Waals surface area contributed by atoms with Gasteiger partial charge in [-0.15, -0.1) is 0 Å². The van der Waals surface area contributed by atoms with Gasteiger partial charge in [0.2, 0.25) is 0 Å². The number of morpholine rings is 1. The summed E-state index contributed by atoms with van der Waals surface area (Å²) in [5, 5.41) is 3.01. The van der Waals surface area contributed by atoms with Crippen molar-refractivity contribution in [3.05, 3.63) is 71.0 Å². The number of nitrogens with zero attached hydrogens (tertiary/aromatic N) is 3. The number of hydrogen-bond acceptors (Lipinski definition) is 5. The number of halogens is 1. The fourth-order valence-electron chi connectivity index (χ4n) is 4.74. The van der Waals surface area contributed by atoms with Crippen molar-refractivity contribution in [3.63, 3.8) is 0 Å². The molecule has 1 aromatic heterocycles. The predicted octanol–water partition coefficient (Wildman–Crippen LogP) is 4.06. The van der Waals surface area contributed by atoms with Crippen LogP contribution >= 0.6 is 11.6 Å². The van der Waals surface area contributed by atoms with E-state index in [1.807, 2.05) is 35.5 Å². The summed E-state index contributed by atoms with van der Waals surface area (Å²) in [5.74, 6) is 0.250. The van der Waals surface area contributed by atoms with Gasteiger partial charge in [0.05, 0.1) is 37.1 Å². The molecule has 172 valence electrons. The minimum absolute atomic E-state index is 0.0267. The molecule has 0 saturated carbocycles. The largest absolute Gasteiger partial charge is 0.379 e. The van der Waals surface area contributed by atoms with Crippen LogP contribution in [0.1, 0.15) is 15.9 Å². The first-order chi connectivity index (χ1) is 16.2. The molecule has 2 aromatic carbocycles. The highest BCUT2D eigenvalue weighted by Gasteiger charge is 2.25. The maximum atomic E-state index is 13.5. The van der Waals surface area contributed by atoms with E-state index in [2.05, 4.69) is 34.1 Å². The third-order valence-electron chi connectivity index (χ3n) is 6.45. The zero-order valence-electron chi connectivity index (χ0n) is 18.6. The Kier molecular flexibility index (Phi) is 6.76. The highest BCUT2D eigenvalue weighted by atomic mass is 35.5. The molecule has 2 saturated heterocycles. The van der Waals surface area contributed by atoms with Crippen LogP contribution in [0.25, 0.3) is 10.8 Å². The van der Waals surface area contributed by atoms with E-state index in [0.29, 0.717) is 50.1 Å². The van der Waals surface area contributed by atoms with Crippen molar-refractivity contribution >= 4 is 34.0 Å². The highest BCUT2D eigenvalue weighted by molar-refractivity contribution is 6.33. The zero-order valence-corrected chi connectivity index (χ0v) is 19.3. The number of carbonyl (C=O) groups excluding carboxylic acids is 1. The average Bonchev–Trinajstić information content (AvgIpc) is 3.10. The highest BCUT2D eigenvalue weighted by Crippen LogP contribution is 2.29. The monoisotopic (exact) mass is 465 g/mol. The number of benzene rings is 2. The van der Waals surface area contributed by atoms with Gasteiger partial charge in [-0.3, -0.25) is 9.78 Å². The summed E-state index contributed by atoms with van der Waals surface area (Å²) in [6.07, 6.45) is 4.58. The molecule has 1 amide bonds. The molecule has 1 unspecified atom stereocenters. The van der Waals surface area contributed by atoms with Crippen molar-refractivity contribution in [1.82, 2.24) is 9.88 Å². The number of rotatable bonds is 4. The van der Waals surface area contributed by atoms with Gasteiger partial charge in [-0.25, -0.2) is 0 Å². The van der Waals surface area contributed by atoms with E-state index in [4.69, 9.17) is 21.1 Å². The lowest BCUT2D eigenvalue weighted by Gasteiger charge is -2.30. The summed E-state index contributed by atoms with van der Waals surface area (Å²) in [6, 6.07) is 14.0. The summed E-state index contributed by atoms with van der Waals surface area (Å²) in [7, 11) is 0. The molecule has 0 radical (unpaired) electrons. The first-order valence-electron chi connectivity index (χ1n) is 11.5. The Hall–Kier alpha value is -2.67. The molecule has 5 rings (SSSR count). The number of aromatic nitrogens is 1. The molecule has 0 spiro atoms. The molecule has 0 aliphatic carbocycles. The maximum Gasteiger partial charge on any atom is 0.254 e. The van der Waals surface area contributed by atoms with Gasteiger partial charge in [0.25, 0.3) is 5.91 Å². The number of anilines is 1. The molecule has 1 atom stereocenters. The van der Waals surface area contributed by atoms with Crippen molar-refractivity contribution in [3.8, 4) is 0 Å². The Labute approximate surface area is 199 Å². The van der Waals surface area contributed by atoms with Crippen molar-refractivity contribution in [2.45, 2.75) is 6.42 Å². The van der Waals surface area contributed by atoms with Gasteiger partial charge in [0.15, 0.2) is 0 Å². The van der Waals surface area contributed by atoms with Crippen LogP contribution in [0.15, 0.2) is 54.9 Å². The van der Waals surface area contributed by atoms with Crippen molar-refractivity contribution in [1.29, 1.82) is 0 Å². The quantitative estimate of drug-likeness (QED) is 0.581. The van der Waals surface area contributed by atoms with Crippen LogP contribution in [-0.2, 0) is 15.9 Å². The Morgan fingerprint density at radius 2 is 1.91 bits per heavy atom. The summed E-state index contributed by atoms with van der Waals surface area (Å²) in [5.41, 5.74) is 2.83. The Morgan fingerprint density at radius 3 is 2.79 bits per heavy atom. The maximum absolute atomic E-state index is 13.5. The minimum Gasteiger partial charge on any atom is -0.379 e. The standard InChI is InChI=1S/C26H28ClN3O3/c27-24-5-4-21(15-25(24)29-8-11-32-12-9-29)26(31)30-10-13-33-18-19(17-30)14-20-2-1-3-22-16-28-7-6-23(20)22/h1-7,15-16,19H,8-14,17-18H2. The lowest BCUT2D eigenvalue weighted by atomic mass is 9.95. The lowest BCUT2D eigenvalue weighted by molar-refractivity contribution is 0.0737. The van der Waals surface area contributed by atoms with E-state index in [0.717, 1.165) is 30.6 Å². The van der Waals surface area contributed by atoms with E-state index in [1.165, 1.54) is 10.9 Å². The summed E-state index contributed by atoms with van der Waals surface area (Å²) in [6.45, 7) is 5.33. The number of amides is 1. The van der Waals surface area contributed by atoms with Crippen LogP contribution in [0.2, 0.25) is 5.02 Å². The predicted molar refractivity (Wildman–Crippen MR) is 130 cm³/mol. The second-order valence-corrected chi connectivity index (χ2v) is 9.08. The third kappa shape index (κ3) is 4.98. The molecule has 2 aliphatic heterocycles. The SMILES string of the molecule is O=C(c1ccc(Cl)c(N2CCOCC2)c1)N1CCOCC(Cc2cccc3cnccc23)C1. The molecule has 6 nitrogen and oxygen atoms in total. The second kappa shape index (κ2) is 10.1. The lowest BCUT2D eigenvalue weighted by Crippen LogP contribution is -2.38. The zero-order chi connectivity index (χ0) is 22.6. The smallest absolute Gasteiger partial charge is 0.254 e. The first-order valence-corrected chi connectivity index (χ1v) is 11.9. The second-order valence-electron chi connectivity index (χ2n) is 8.68. The van der Waals surface area contributed by atoms with Crippen LogP contribution in [0, 0.1) is 5.92 Å². The number of ether oxygens (including phenoxy) is 2. The van der Waals surface area contributed by atoms with E-state index >= 15 is 0 Å². The molecule has 2 aliphatic rings. The van der Waals surface area contributed by atoms with Crippen molar-refractivity contribution < 1.29 is 14.3 Å². The van der Waals surface area contributed by atoms with E-state index < -0.39 is 0 Å². The van der Waals surface area contributed by atoms with E-state index in [1.54, 1.807) is 0 Å². The molecule has 2 fully saturated rings. The summed E-state index contributed by atoms with van der Waals surface area (Å²) >= 11 is 6.48. The molecular weight excluding hydrogens is 438 g/mol. The first kappa shape index (κ1) is 22.1. The van der Waals surface area contributed by atoms with Crippen LogP contribution in [0.3, 0.4) is 0 Å². The van der Waals surface area contributed by atoms with Gasteiger partial charge in [-0.1, -0.05) is 29.8 Å². The van der Waals surface area contributed by atoms with Gasteiger partial charge in [-0.2, -0.15) is 0 Å². The van der Waals surface area contributed by atoms with Gasteiger partial charge < -0.3 is 19.3 Å². The molecule has 0 bridgehead atoms. The summed E-state index contributed by atoms with van der Waals surface area (Å²) in [4.78, 5) is 21.8. The summed E-state index contributed by atoms with van der Waals surface area (Å²) < 4.78 is 11.4. The van der Waals surface area contributed by atoms with Gasteiger partial charge in [0.1, 0.15) is 0 Å². The van der Waals surface area contributed by atoms with Crippen LogP contribution in [0.4, 0.5) is 5.69 Å². The van der Waals surface area contributed by atoms with Gasteiger partial charge in [-0.05, 0) is 41.6 Å². The molecule has 7 heteroatoms. The molecular formula is C26H28ClN3O3. The molecule has 33 heavy (non-hydrogen) atoms. The van der Waals surface area contributed by atoms with E-state index in [9.17, 15) is 4.79 Å². The third-order valence-corrected chi connectivity index (χ3v) is 6.77. The topological polar surface area (TPSA) is 54.9 Å². The van der Waals surface area contributed by atoms with E-state index in [-0.39, 0.29) is 11.8 Å². The number of hydrogen-bond donors (Lipinski definition) is 0. The van der Waals surface area contributed by atoms with Crippen molar-refractivity contribution in [2.24, 2.45) is 5.92 Å². The normalized spacial score (nSPS) is 19.5. The number of fused-ring (bicyclic) bond motifs is 1. The van der Waals surface area contributed by atoms with Crippen LogP contribution < -0.4 is 4.90 Å². The van der Waals surface area contributed by atoms with Gasteiger partial charge >= 0.3 is 0 Å². The fraction of sp³-hybridized carbons (Fsp3) is 0.385. The molecule has 3 heterocycles. The molecule has 0 N–H and O–H groups in total. The fourth-order valence-corrected chi connectivity index (χ4v) is 4.98. The van der Waals surface area contributed by atoms with Crippen LogP contribution in [0.5, 0.6) is 0 Å². The number of carbonyl (C=O) groups is 1. The minimum atomic E-state index is 0.0267. The van der Waals surface area contributed by atoms with Crippen LogP contribution in [-0.4, -0.2) is 68.4 Å². The average molecular weight is 466 g/mol. The van der Waals surface area contributed by atoms with Gasteiger partial charge in [0, 0.05) is 55.4 Å².